The van der Waals surface area contributed by atoms with Crippen LogP contribution in [0.5, 0.6) is 0 Å². The van der Waals surface area contributed by atoms with E-state index in [-0.39, 0.29) is 18.3 Å². The minimum absolute atomic E-state index is 0.0210. The van der Waals surface area contributed by atoms with Crippen LogP contribution in [0.3, 0.4) is 0 Å². The molecule has 1 aliphatic rings. The van der Waals surface area contributed by atoms with Crippen molar-refractivity contribution in [2.75, 3.05) is 6.54 Å². The molecule has 7 heteroatoms. The Labute approximate surface area is 96.1 Å². The van der Waals surface area contributed by atoms with E-state index in [2.05, 4.69) is 9.97 Å². The number of carbonyl (C=O) groups is 2. The lowest BCUT2D eigenvalue weighted by Gasteiger charge is -2.19. The number of amides is 1. The van der Waals surface area contributed by atoms with Gasteiger partial charge in [-0.05, 0) is 12.8 Å². The maximum atomic E-state index is 12.0. The van der Waals surface area contributed by atoms with Gasteiger partial charge in [-0.2, -0.15) is 0 Å². The van der Waals surface area contributed by atoms with Crippen LogP contribution in [0.15, 0.2) is 17.2 Å². The molecule has 2 rings (SSSR count). The van der Waals surface area contributed by atoms with Crippen LogP contribution in [0.1, 0.15) is 23.3 Å². The molecule has 0 spiro atoms. The maximum absolute atomic E-state index is 12.0. The Hall–Kier alpha value is -2.18. The fourth-order valence-corrected chi connectivity index (χ4v) is 1.50. The Kier molecular flexibility index (Phi) is 2.90. The summed E-state index contributed by atoms with van der Waals surface area (Å²) in [5.74, 6) is -1.53. The number of carbonyl (C=O) groups excluding carboxylic acids is 1. The topological polar surface area (TPSA) is 103 Å². The summed E-state index contributed by atoms with van der Waals surface area (Å²) < 4.78 is 0. The highest BCUT2D eigenvalue weighted by atomic mass is 16.4. The van der Waals surface area contributed by atoms with Gasteiger partial charge in [0.15, 0.2) is 0 Å². The monoisotopic (exact) mass is 237 g/mol. The molecule has 2 N–H and O–H groups in total. The number of aliphatic carboxylic acids is 1. The first-order valence-electron chi connectivity index (χ1n) is 5.15. The standard InChI is InChI=1S/C10H11N3O4/c14-8-4-11-7(3-12-8)10(17)13(5-9(15)16)6-1-2-6/h3-4,6H,1-2,5H2,(H,12,14)(H,15,16). The van der Waals surface area contributed by atoms with Crippen molar-refractivity contribution in [3.8, 4) is 0 Å². The van der Waals surface area contributed by atoms with Crippen LogP contribution in [0, 0.1) is 0 Å². The van der Waals surface area contributed by atoms with Gasteiger partial charge < -0.3 is 15.0 Å². The summed E-state index contributed by atoms with van der Waals surface area (Å²) >= 11 is 0. The van der Waals surface area contributed by atoms with Gasteiger partial charge in [0.2, 0.25) is 0 Å². The van der Waals surface area contributed by atoms with Crippen LogP contribution in [-0.2, 0) is 4.79 Å². The quantitative estimate of drug-likeness (QED) is 0.731. The van der Waals surface area contributed by atoms with E-state index in [1.54, 1.807) is 0 Å². The van der Waals surface area contributed by atoms with E-state index in [1.165, 1.54) is 11.1 Å². The van der Waals surface area contributed by atoms with Crippen molar-refractivity contribution < 1.29 is 14.7 Å². The number of nitrogens with zero attached hydrogens (tertiary/aromatic N) is 2. The molecule has 1 aliphatic carbocycles. The highest BCUT2D eigenvalue weighted by Crippen LogP contribution is 2.27. The summed E-state index contributed by atoms with van der Waals surface area (Å²) in [6.45, 7) is -0.343. The van der Waals surface area contributed by atoms with Gasteiger partial charge in [-0.3, -0.25) is 14.4 Å². The fraction of sp³-hybridized carbons (Fsp3) is 0.400. The third-order valence-corrected chi connectivity index (χ3v) is 2.45. The van der Waals surface area contributed by atoms with E-state index in [1.807, 2.05) is 0 Å². The van der Waals surface area contributed by atoms with Crippen molar-refractivity contribution in [1.29, 1.82) is 0 Å². The summed E-state index contributed by atoms with van der Waals surface area (Å²) in [7, 11) is 0. The second-order valence-corrected chi connectivity index (χ2v) is 3.85. The van der Waals surface area contributed by atoms with Gasteiger partial charge in [0, 0.05) is 12.2 Å². The number of rotatable bonds is 4. The van der Waals surface area contributed by atoms with Gasteiger partial charge >= 0.3 is 5.97 Å². The van der Waals surface area contributed by atoms with Crippen molar-refractivity contribution in [1.82, 2.24) is 14.9 Å². The summed E-state index contributed by atoms with van der Waals surface area (Å²) in [5.41, 5.74) is -0.351. The van der Waals surface area contributed by atoms with Crippen LogP contribution in [-0.4, -0.2) is 44.4 Å². The lowest BCUT2D eigenvalue weighted by molar-refractivity contribution is -0.137. The number of hydrogen-bond acceptors (Lipinski definition) is 4. The molecule has 1 aromatic heterocycles. The Balaban J connectivity index is 2.18. The molecule has 0 aliphatic heterocycles. The molecule has 0 atom stereocenters. The molecular formula is C10H11N3O4. The number of hydrogen-bond donors (Lipinski definition) is 2. The van der Waals surface area contributed by atoms with Crippen LogP contribution in [0.4, 0.5) is 0 Å². The molecule has 1 aromatic rings. The van der Waals surface area contributed by atoms with Crippen molar-refractivity contribution in [2.45, 2.75) is 18.9 Å². The molecule has 0 unspecified atom stereocenters. The summed E-state index contributed by atoms with van der Waals surface area (Å²) in [6, 6.07) is -0.0210. The van der Waals surface area contributed by atoms with Crippen LogP contribution >= 0.6 is 0 Å². The zero-order chi connectivity index (χ0) is 12.4. The summed E-state index contributed by atoms with van der Waals surface area (Å²) in [6.07, 6.45) is 3.81. The molecule has 0 radical (unpaired) electrons. The van der Waals surface area contributed by atoms with E-state index in [0.717, 1.165) is 19.0 Å². The molecule has 1 heterocycles. The summed E-state index contributed by atoms with van der Waals surface area (Å²) in [4.78, 5) is 40.7. The van der Waals surface area contributed by atoms with Crippen LogP contribution in [0.2, 0.25) is 0 Å². The van der Waals surface area contributed by atoms with Crippen molar-refractivity contribution in [3.63, 3.8) is 0 Å². The minimum Gasteiger partial charge on any atom is -0.480 e. The number of carboxylic acid groups (broad SMARTS) is 1. The van der Waals surface area contributed by atoms with Gasteiger partial charge in [0.1, 0.15) is 12.2 Å². The molecule has 7 nitrogen and oxygen atoms in total. The molecule has 17 heavy (non-hydrogen) atoms. The lowest BCUT2D eigenvalue weighted by atomic mass is 10.3. The van der Waals surface area contributed by atoms with Gasteiger partial charge in [-0.1, -0.05) is 0 Å². The van der Waals surface area contributed by atoms with Gasteiger partial charge in [0.05, 0.1) is 6.20 Å². The maximum Gasteiger partial charge on any atom is 0.323 e. The first-order chi connectivity index (χ1) is 8.08. The average molecular weight is 237 g/mol. The van der Waals surface area contributed by atoms with Gasteiger partial charge in [-0.15, -0.1) is 0 Å². The average Bonchev–Trinajstić information content (AvgIpc) is 3.09. The zero-order valence-electron chi connectivity index (χ0n) is 8.92. The summed E-state index contributed by atoms with van der Waals surface area (Å²) in [5, 5.41) is 8.73. The van der Waals surface area contributed by atoms with Gasteiger partial charge in [-0.25, -0.2) is 4.98 Å². The Morgan fingerprint density at radius 2 is 2.24 bits per heavy atom. The van der Waals surface area contributed by atoms with E-state index in [4.69, 9.17) is 5.11 Å². The highest BCUT2D eigenvalue weighted by Gasteiger charge is 2.34. The number of carboxylic acids is 1. The third-order valence-electron chi connectivity index (χ3n) is 2.45. The van der Waals surface area contributed by atoms with E-state index >= 15 is 0 Å². The third kappa shape index (κ3) is 2.68. The molecule has 90 valence electrons. The first kappa shape index (κ1) is 11.3. The molecule has 0 bridgehead atoms. The number of aromatic nitrogens is 2. The van der Waals surface area contributed by atoms with E-state index in [0.29, 0.717) is 0 Å². The van der Waals surface area contributed by atoms with Crippen LogP contribution < -0.4 is 5.56 Å². The first-order valence-corrected chi connectivity index (χ1v) is 5.15. The highest BCUT2D eigenvalue weighted by molar-refractivity contribution is 5.94. The smallest absolute Gasteiger partial charge is 0.323 e. The second kappa shape index (κ2) is 4.36. The number of nitrogens with one attached hydrogen (secondary N) is 1. The largest absolute Gasteiger partial charge is 0.480 e. The Bertz CT molecular complexity index is 486. The van der Waals surface area contributed by atoms with Crippen molar-refractivity contribution >= 4 is 11.9 Å². The lowest BCUT2D eigenvalue weighted by Crippen LogP contribution is -2.38. The molecular weight excluding hydrogens is 226 g/mol. The zero-order valence-corrected chi connectivity index (χ0v) is 8.92. The predicted octanol–water partition coefficient (Wildman–Crippen LogP) is -0.541. The normalized spacial score (nSPS) is 14.4. The van der Waals surface area contributed by atoms with Crippen LogP contribution in [0.25, 0.3) is 0 Å². The molecule has 1 fully saturated rings. The molecule has 1 amide bonds. The molecule has 1 saturated carbocycles. The second-order valence-electron chi connectivity index (χ2n) is 3.85. The number of H-pyrrole nitrogens is 1. The SMILES string of the molecule is O=C(O)CN(C(=O)c1c[nH]c(=O)cn1)C1CC1. The Morgan fingerprint density at radius 1 is 1.53 bits per heavy atom. The molecule has 0 aromatic carbocycles. The van der Waals surface area contributed by atoms with E-state index in [9.17, 15) is 14.4 Å². The van der Waals surface area contributed by atoms with Gasteiger partial charge in [0.25, 0.3) is 11.5 Å². The van der Waals surface area contributed by atoms with E-state index < -0.39 is 17.4 Å². The predicted molar refractivity (Wildman–Crippen MR) is 56.6 cm³/mol. The Morgan fingerprint density at radius 3 is 2.71 bits per heavy atom. The minimum atomic E-state index is -1.06. The van der Waals surface area contributed by atoms with Crippen molar-refractivity contribution in [2.24, 2.45) is 0 Å². The number of aromatic amines is 1. The van der Waals surface area contributed by atoms with Crippen molar-refractivity contribution in [3.05, 3.63) is 28.4 Å². The molecule has 0 saturated heterocycles. The fourth-order valence-electron chi connectivity index (χ4n) is 1.50.